The van der Waals surface area contributed by atoms with E-state index in [1.807, 2.05) is 4.90 Å². The van der Waals surface area contributed by atoms with E-state index in [2.05, 4.69) is 73.6 Å². The van der Waals surface area contributed by atoms with Gasteiger partial charge in [0.05, 0.1) is 5.52 Å². The minimum atomic E-state index is 0. The minimum absolute atomic E-state index is 0. The Morgan fingerprint density at radius 1 is 1.03 bits per heavy atom. The first-order valence-electron chi connectivity index (χ1n) is 12.7. The molecule has 0 saturated carbocycles. The van der Waals surface area contributed by atoms with Crippen LogP contribution in [0.3, 0.4) is 0 Å². The molecule has 186 valence electrons. The summed E-state index contributed by atoms with van der Waals surface area (Å²) in [6.45, 7) is 12.9. The van der Waals surface area contributed by atoms with Gasteiger partial charge < -0.3 is 14.4 Å². The number of allylic oxidation sites excluding steroid dienone is 2. The number of piperidine rings is 1. The second-order valence-corrected chi connectivity index (χ2v) is 10.1. The monoisotopic (exact) mass is 492 g/mol. The minimum Gasteiger partial charge on any atom is -0.350 e. The van der Waals surface area contributed by atoms with Crippen LogP contribution >= 0.6 is 12.4 Å². The molecule has 0 aliphatic carbocycles. The zero-order chi connectivity index (χ0) is 23.8. The van der Waals surface area contributed by atoms with Crippen LogP contribution in [-0.2, 0) is 19.5 Å². The summed E-state index contributed by atoms with van der Waals surface area (Å²) in [6.07, 6.45) is 6.65. The summed E-state index contributed by atoms with van der Waals surface area (Å²) in [4.78, 5) is 23.0. The molecule has 4 heterocycles. The predicted molar refractivity (Wildman–Crippen MR) is 147 cm³/mol. The van der Waals surface area contributed by atoms with Crippen molar-refractivity contribution >= 4 is 35.0 Å². The third-order valence-electron chi connectivity index (χ3n) is 7.57. The van der Waals surface area contributed by atoms with E-state index < -0.39 is 0 Å². The van der Waals surface area contributed by atoms with Crippen molar-refractivity contribution in [1.29, 1.82) is 0 Å². The van der Waals surface area contributed by atoms with Crippen molar-refractivity contribution in [3.63, 3.8) is 0 Å². The highest BCUT2D eigenvalue weighted by atomic mass is 35.5. The summed E-state index contributed by atoms with van der Waals surface area (Å²) < 4.78 is 2.38. The number of hydrogen-bond acceptors (Lipinski definition) is 3. The van der Waals surface area contributed by atoms with E-state index in [9.17, 15) is 4.79 Å². The van der Waals surface area contributed by atoms with Crippen LogP contribution in [-0.4, -0.2) is 40.0 Å². The summed E-state index contributed by atoms with van der Waals surface area (Å²) in [6, 6.07) is 10.8. The zero-order valence-electron chi connectivity index (χ0n) is 21.4. The maximum absolute atomic E-state index is 13.5. The molecule has 3 aromatic rings. The van der Waals surface area contributed by atoms with Gasteiger partial charge in [-0.05, 0) is 76.1 Å². The van der Waals surface area contributed by atoms with Crippen LogP contribution < -0.4 is 4.90 Å². The molecular weight excluding hydrogens is 456 g/mol. The second kappa shape index (κ2) is 10.4. The summed E-state index contributed by atoms with van der Waals surface area (Å²) in [5, 5.41) is 1.16. The quantitative estimate of drug-likeness (QED) is 0.405. The smallest absolute Gasteiger partial charge is 0.272 e. The summed E-state index contributed by atoms with van der Waals surface area (Å²) >= 11 is 0. The molecule has 0 unspecified atom stereocenters. The topological polar surface area (TPSA) is 41.4 Å². The molecule has 6 heteroatoms. The van der Waals surface area contributed by atoms with Crippen molar-refractivity contribution in [2.75, 3.05) is 24.5 Å². The molecular formula is C29H37ClN4O. The predicted octanol–water partition coefficient (Wildman–Crippen LogP) is 6.23. The zero-order valence-corrected chi connectivity index (χ0v) is 22.2. The molecule has 2 aliphatic heterocycles. The molecule has 5 rings (SSSR count). The largest absolute Gasteiger partial charge is 0.350 e. The Bertz CT molecular complexity index is 1270. The number of likely N-dealkylation sites (tertiary alicyclic amines) is 1. The molecule has 0 radical (unpaired) electrons. The van der Waals surface area contributed by atoms with Crippen molar-refractivity contribution in [3.8, 4) is 0 Å². The van der Waals surface area contributed by atoms with Gasteiger partial charge in [0.1, 0.15) is 5.69 Å². The Balaban J connectivity index is 0.00000289. The number of benzene rings is 1. The van der Waals surface area contributed by atoms with Crippen LogP contribution in [0, 0.1) is 13.8 Å². The van der Waals surface area contributed by atoms with Crippen molar-refractivity contribution in [3.05, 3.63) is 70.1 Å². The van der Waals surface area contributed by atoms with Crippen LogP contribution in [0.2, 0.25) is 0 Å². The summed E-state index contributed by atoms with van der Waals surface area (Å²) in [5.74, 6) is 1.03. The number of nitrogens with zero attached hydrogens (tertiary/aromatic N) is 4. The molecule has 0 N–H and O–H groups in total. The first-order valence-corrected chi connectivity index (χ1v) is 12.7. The number of rotatable bonds is 4. The van der Waals surface area contributed by atoms with Crippen molar-refractivity contribution in [1.82, 2.24) is 14.5 Å². The fourth-order valence-electron chi connectivity index (χ4n) is 5.41. The highest BCUT2D eigenvalue weighted by Gasteiger charge is 2.27. The lowest BCUT2D eigenvalue weighted by molar-refractivity contribution is 0.0718. The number of aryl methyl sites for hydroxylation is 1. The van der Waals surface area contributed by atoms with Crippen LogP contribution in [0.15, 0.2) is 42.0 Å². The number of halogens is 1. The average molecular weight is 493 g/mol. The van der Waals surface area contributed by atoms with E-state index in [0.717, 1.165) is 68.7 Å². The highest BCUT2D eigenvalue weighted by molar-refractivity contribution is 6.01. The first kappa shape index (κ1) is 25.3. The lowest BCUT2D eigenvalue weighted by Gasteiger charge is -2.31. The molecule has 35 heavy (non-hydrogen) atoms. The molecule has 1 amide bonds. The van der Waals surface area contributed by atoms with Crippen LogP contribution in [0.4, 0.5) is 5.82 Å². The van der Waals surface area contributed by atoms with E-state index in [0.29, 0.717) is 5.69 Å². The van der Waals surface area contributed by atoms with Gasteiger partial charge in [0.15, 0.2) is 5.82 Å². The van der Waals surface area contributed by atoms with E-state index in [1.165, 1.54) is 34.4 Å². The van der Waals surface area contributed by atoms with Gasteiger partial charge in [-0.1, -0.05) is 35.9 Å². The Labute approximate surface area is 215 Å². The highest BCUT2D eigenvalue weighted by Crippen LogP contribution is 2.35. The molecule has 1 aromatic carbocycles. The van der Waals surface area contributed by atoms with E-state index >= 15 is 0 Å². The van der Waals surface area contributed by atoms with E-state index in [4.69, 9.17) is 4.98 Å². The van der Waals surface area contributed by atoms with Gasteiger partial charge in [-0.25, -0.2) is 4.98 Å². The Hall–Kier alpha value is -2.79. The fraction of sp³-hybridized carbons (Fsp3) is 0.448. The third kappa shape index (κ3) is 4.84. The number of fused-ring (bicyclic) bond motifs is 2. The third-order valence-corrected chi connectivity index (χ3v) is 7.57. The molecule has 0 atom stereocenters. The van der Waals surface area contributed by atoms with Gasteiger partial charge in [-0.3, -0.25) is 4.79 Å². The molecule has 0 bridgehead atoms. The summed E-state index contributed by atoms with van der Waals surface area (Å²) in [7, 11) is 0. The number of aromatic nitrogens is 2. The van der Waals surface area contributed by atoms with Gasteiger partial charge in [0.2, 0.25) is 0 Å². The molecule has 2 aromatic heterocycles. The fourth-order valence-corrected chi connectivity index (χ4v) is 5.41. The first-order chi connectivity index (χ1) is 16.4. The maximum Gasteiger partial charge on any atom is 0.272 e. The van der Waals surface area contributed by atoms with Gasteiger partial charge in [0, 0.05) is 43.8 Å². The molecule has 1 saturated heterocycles. The lowest BCUT2D eigenvalue weighted by atomic mass is 9.99. The maximum atomic E-state index is 13.5. The number of hydrogen-bond donors (Lipinski definition) is 0. The van der Waals surface area contributed by atoms with Crippen molar-refractivity contribution in [2.24, 2.45) is 0 Å². The standard InChI is InChI=1S/C29H36N4O.ClH/c1-20(2)12-17-33-22(4)21(3)25-18-26(29(34)31-14-8-5-9-15-31)30-28(27(25)33)32-16-13-23-10-6-7-11-24(23)19-32;/h6-7,10-12,18H,5,8-9,13-17,19H2,1-4H3;1H. The Morgan fingerprint density at radius 2 is 1.74 bits per heavy atom. The van der Waals surface area contributed by atoms with Gasteiger partial charge in [0.25, 0.3) is 5.91 Å². The van der Waals surface area contributed by atoms with Gasteiger partial charge >= 0.3 is 0 Å². The molecule has 1 fully saturated rings. The lowest BCUT2D eigenvalue weighted by Crippen LogP contribution is -2.37. The number of pyridine rings is 1. The number of carbonyl (C=O) groups excluding carboxylic acids is 1. The molecule has 2 aliphatic rings. The Morgan fingerprint density at radius 3 is 2.46 bits per heavy atom. The Kier molecular flexibility index (Phi) is 7.56. The number of carbonyl (C=O) groups is 1. The van der Waals surface area contributed by atoms with Crippen LogP contribution in [0.1, 0.15) is 66.0 Å². The molecule has 0 spiro atoms. The van der Waals surface area contributed by atoms with E-state index in [1.54, 1.807) is 0 Å². The van der Waals surface area contributed by atoms with Crippen molar-refractivity contribution < 1.29 is 4.79 Å². The second-order valence-electron chi connectivity index (χ2n) is 10.1. The van der Waals surface area contributed by atoms with Crippen molar-refractivity contribution in [2.45, 2.75) is 66.5 Å². The summed E-state index contributed by atoms with van der Waals surface area (Å²) in [5.41, 5.74) is 8.31. The SMILES string of the molecule is CC(C)=CCn1c(C)c(C)c2cc(C(=O)N3CCCCC3)nc(N3CCc4ccccc4C3)c21.Cl. The van der Waals surface area contributed by atoms with Crippen LogP contribution in [0.5, 0.6) is 0 Å². The average Bonchev–Trinajstić information content (AvgIpc) is 3.11. The van der Waals surface area contributed by atoms with E-state index in [-0.39, 0.29) is 18.3 Å². The van der Waals surface area contributed by atoms with Gasteiger partial charge in [-0.15, -0.1) is 12.4 Å². The van der Waals surface area contributed by atoms with Crippen LogP contribution in [0.25, 0.3) is 10.9 Å². The van der Waals surface area contributed by atoms with Gasteiger partial charge in [-0.2, -0.15) is 0 Å². The normalized spacial score (nSPS) is 15.5. The number of anilines is 1. The molecule has 5 nitrogen and oxygen atoms in total. The number of amides is 1.